The third-order valence-corrected chi connectivity index (χ3v) is 3.41. The second-order valence-corrected chi connectivity index (χ2v) is 4.56. The molecule has 2 aromatic heterocycles. The van der Waals surface area contributed by atoms with E-state index in [4.69, 9.17) is 0 Å². The number of aromatic nitrogens is 2. The van der Waals surface area contributed by atoms with Gasteiger partial charge in [-0.15, -0.1) is 0 Å². The number of carboxylic acid groups (broad SMARTS) is 1. The molecule has 3 rings (SSSR count). The Hall–Kier alpha value is -2.62. The summed E-state index contributed by atoms with van der Waals surface area (Å²) in [5.41, 5.74) is 3.16. The van der Waals surface area contributed by atoms with Crippen molar-refractivity contribution in [2.45, 2.75) is 13.5 Å². The third-order valence-electron chi connectivity index (χ3n) is 3.41. The maximum absolute atomic E-state index is 11.2. The predicted octanol–water partition coefficient (Wildman–Crippen LogP) is 3.42. The Morgan fingerprint density at radius 2 is 2.10 bits per heavy atom. The molecular formula is C16H14N2O2. The fraction of sp³-hybridized carbons (Fsp3) is 0.125. The van der Waals surface area contributed by atoms with Crippen molar-refractivity contribution in [3.05, 3.63) is 54.4 Å². The summed E-state index contributed by atoms with van der Waals surface area (Å²) in [5.74, 6) is -0.902. The zero-order valence-electron chi connectivity index (χ0n) is 11.1. The van der Waals surface area contributed by atoms with Crippen molar-refractivity contribution >= 4 is 16.9 Å². The zero-order chi connectivity index (χ0) is 14.1. The molecule has 0 amide bonds. The standard InChI is InChI=1S/C16H14N2O2/c1-2-18-14(7-8-15(18)16(19)20)12-5-6-13-11(10-12)4-3-9-17-13/h3-10H,2H2,1H3,(H,19,20). The molecule has 2 heterocycles. The third kappa shape index (κ3) is 1.95. The normalized spacial score (nSPS) is 10.8. The van der Waals surface area contributed by atoms with Gasteiger partial charge in [-0.1, -0.05) is 12.1 Å². The van der Waals surface area contributed by atoms with E-state index in [0.29, 0.717) is 12.2 Å². The zero-order valence-corrected chi connectivity index (χ0v) is 11.1. The molecule has 0 aliphatic rings. The summed E-state index contributed by atoms with van der Waals surface area (Å²) in [6.45, 7) is 2.56. The van der Waals surface area contributed by atoms with Crippen LogP contribution in [-0.4, -0.2) is 20.6 Å². The second kappa shape index (κ2) is 4.81. The van der Waals surface area contributed by atoms with Crippen molar-refractivity contribution in [2.24, 2.45) is 0 Å². The van der Waals surface area contributed by atoms with Gasteiger partial charge in [0.05, 0.1) is 5.52 Å². The van der Waals surface area contributed by atoms with Crippen LogP contribution in [0.4, 0.5) is 0 Å². The Labute approximate surface area is 116 Å². The average molecular weight is 266 g/mol. The van der Waals surface area contributed by atoms with Crippen LogP contribution >= 0.6 is 0 Å². The maximum Gasteiger partial charge on any atom is 0.352 e. The first kappa shape index (κ1) is 12.4. The van der Waals surface area contributed by atoms with Crippen molar-refractivity contribution in [3.8, 4) is 11.3 Å². The van der Waals surface area contributed by atoms with Crippen LogP contribution in [0.25, 0.3) is 22.2 Å². The first-order valence-electron chi connectivity index (χ1n) is 6.48. The van der Waals surface area contributed by atoms with Gasteiger partial charge in [-0.2, -0.15) is 0 Å². The molecule has 0 radical (unpaired) electrons. The largest absolute Gasteiger partial charge is 0.477 e. The van der Waals surface area contributed by atoms with Crippen LogP contribution in [0.3, 0.4) is 0 Å². The fourth-order valence-electron chi connectivity index (χ4n) is 2.48. The van der Waals surface area contributed by atoms with Crippen LogP contribution in [-0.2, 0) is 6.54 Å². The Balaban J connectivity index is 2.18. The summed E-state index contributed by atoms with van der Waals surface area (Å²) in [6, 6.07) is 13.4. The lowest BCUT2D eigenvalue weighted by atomic mass is 10.1. The summed E-state index contributed by atoms with van der Waals surface area (Å²) < 4.78 is 1.81. The van der Waals surface area contributed by atoms with Crippen LogP contribution in [0.5, 0.6) is 0 Å². The van der Waals surface area contributed by atoms with Crippen molar-refractivity contribution in [1.82, 2.24) is 9.55 Å². The van der Waals surface area contributed by atoms with Gasteiger partial charge in [0.2, 0.25) is 0 Å². The highest BCUT2D eigenvalue weighted by Crippen LogP contribution is 2.26. The van der Waals surface area contributed by atoms with Gasteiger partial charge in [0.25, 0.3) is 0 Å². The average Bonchev–Trinajstić information content (AvgIpc) is 2.90. The molecule has 1 N–H and O–H groups in total. The van der Waals surface area contributed by atoms with Gasteiger partial charge in [0.15, 0.2) is 0 Å². The second-order valence-electron chi connectivity index (χ2n) is 4.56. The number of hydrogen-bond donors (Lipinski definition) is 1. The van der Waals surface area contributed by atoms with Crippen LogP contribution < -0.4 is 0 Å². The lowest BCUT2D eigenvalue weighted by Gasteiger charge is -2.09. The van der Waals surface area contributed by atoms with Crippen molar-refractivity contribution in [1.29, 1.82) is 0 Å². The molecule has 0 spiro atoms. The van der Waals surface area contributed by atoms with E-state index in [2.05, 4.69) is 4.98 Å². The SMILES string of the molecule is CCn1c(C(=O)O)ccc1-c1ccc2ncccc2c1. The van der Waals surface area contributed by atoms with Crippen LogP contribution in [0.15, 0.2) is 48.7 Å². The van der Waals surface area contributed by atoms with E-state index in [1.807, 2.05) is 43.3 Å². The molecular weight excluding hydrogens is 252 g/mol. The van der Waals surface area contributed by atoms with Gasteiger partial charge in [-0.25, -0.2) is 4.79 Å². The Bertz CT molecular complexity index is 790. The number of carboxylic acids is 1. The Morgan fingerprint density at radius 3 is 2.85 bits per heavy atom. The van der Waals surface area contributed by atoms with Crippen molar-refractivity contribution in [3.63, 3.8) is 0 Å². The molecule has 0 aliphatic carbocycles. The molecule has 0 bridgehead atoms. The summed E-state index contributed by atoms with van der Waals surface area (Å²) in [4.78, 5) is 15.5. The van der Waals surface area contributed by atoms with Gasteiger partial charge >= 0.3 is 5.97 Å². The van der Waals surface area contributed by atoms with E-state index in [1.54, 1.807) is 16.8 Å². The number of hydrogen-bond acceptors (Lipinski definition) is 2. The molecule has 0 saturated carbocycles. The van der Waals surface area contributed by atoms with Gasteiger partial charge in [-0.3, -0.25) is 4.98 Å². The minimum atomic E-state index is -0.902. The van der Waals surface area contributed by atoms with E-state index < -0.39 is 5.97 Å². The number of rotatable bonds is 3. The van der Waals surface area contributed by atoms with Gasteiger partial charge < -0.3 is 9.67 Å². The molecule has 4 heteroatoms. The highest BCUT2D eigenvalue weighted by Gasteiger charge is 2.14. The van der Waals surface area contributed by atoms with Gasteiger partial charge in [-0.05, 0) is 42.8 Å². The molecule has 0 saturated heterocycles. The number of pyridine rings is 1. The number of benzene rings is 1. The lowest BCUT2D eigenvalue weighted by molar-refractivity contribution is 0.0685. The summed E-state index contributed by atoms with van der Waals surface area (Å²) in [5, 5.41) is 10.2. The van der Waals surface area contributed by atoms with Crippen LogP contribution in [0.1, 0.15) is 17.4 Å². The number of nitrogens with zero attached hydrogens (tertiary/aromatic N) is 2. The summed E-state index contributed by atoms with van der Waals surface area (Å²) >= 11 is 0. The maximum atomic E-state index is 11.2. The monoisotopic (exact) mass is 266 g/mol. The first-order valence-corrected chi connectivity index (χ1v) is 6.48. The highest BCUT2D eigenvalue weighted by molar-refractivity contribution is 5.89. The molecule has 0 fully saturated rings. The first-order chi connectivity index (χ1) is 9.70. The van der Waals surface area contributed by atoms with Crippen LogP contribution in [0.2, 0.25) is 0 Å². The smallest absolute Gasteiger partial charge is 0.352 e. The predicted molar refractivity (Wildman–Crippen MR) is 77.8 cm³/mol. The van der Waals surface area contributed by atoms with Crippen molar-refractivity contribution in [2.75, 3.05) is 0 Å². The minimum absolute atomic E-state index is 0.314. The lowest BCUT2D eigenvalue weighted by Crippen LogP contribution is -2.08. The molecule has 0 atom stereocenters. The van der Waals surface area contributed by atoms with E-state index >= 15 is 0 Å². The topological polar surface area (TPSA) is 55.1 Å². The highest BCUT2D eigenvalue weighted by atomic mass is 16.4. The molecule has 0 unspecified atom stereocenters. The number of aromatic carboxylic acids is 1. The molecule has 20 heavy (non-hydrogen) atoms. The number of fused-ring (bicyclic) bond motifs is 1. The molecule has 0 aliphatic heterocycles. The molecule has 100 valence electrons. The van der Waals surface area contributed by atoms with Crippen LogP contribution in [0, 0.1) is 0 Å². The molecule has 1 aromatic carbocycles. The van der Waals surface area contributed by atoms with E-state index in [1.165, 1.54) is 0 Å². The Kier molecular flexibility index (Phi) is 2.99. The van der Waals surface area contributed by atoms with E-state index in [-0.39, 0.29) is 0 Å². The number of carbonyl (C=O) groups is 1. The minimum Gasteiger partial charge on any atom is -0.477 e. The quantitative estimate of drug-likeness (QED) is 0.790. The fourth-order valence-corrected chi connectivity index (χ4v) is 2.48. The van der Waals surface area contributed by atoms with Crippen molar-refractivity contribution < 1.29 is 9.90 Å². The van der Waals surface area contributed by atoms with E-state index in [0.717, 1.165) is 22.2 Å². The molecule has 4 nitrogen and oxygen atoms in total. The summed E-state index contributed by atoms with van der Waals surface area (Å²) in [6.07, 6.45) is 1.76. The Morgan fingerprint density at radius 1 is 1.25 bits per heavy atom. The summed E-state index contributed by atoms with van der Waals surface area (Å²) in [7, 11) is 0. The van der Waals surface area contributed by atoms with Gasteiger partial charge in [0, 0.05) is 23.8 Å². The van der Waals surface area contributed by atoms with Gasteiger partial charge in [0.1, 0.15) is 5.69 Å². The molecule has 3 aromatic rings. The van der Waals surface area contributed by atoms with E-state index in [9.17, 15) is 9.90 Å².